The fourth-order valence-electron chi connectivity index (χ4n) is 3.74. The van der Waals surface area contributed by atoms with Crippen molar-refractivity contribution in [2.45, 2.75) is 6.42 Å². The molecule has 5 heteroatoms. The predicted octanol–water partition coefficient (Wildman–Crippen LogP) is 4.11. The van der Waals surface area contributed by atoms with Gasteiger partial charge in [-0.25, -0.2) is 0 Å². The third-order valence-electron chi connectivity index (χ3n) is 5.48. The van der Waals surface area contributed by atoms with E-state index in [1.54, 1.807) is 4.90 Å². The molecule has 1 aliphatic rings. The fourth-order valence-corrected chi connectivity index (χ4v) is 3.74. The maximum atomic E-state index is 13.0. The Kier molecular flexibility index (Phi) is 6.62. The molecule has 0 spiro atoms. The Bertz CT molecular complexity index is 1000. The minimum atomic E-state index is -0.0506. The molecule has 0 atom stereocenters. The van der Waals surface area contributed by atoms with Gasteiger partial charge < -0.3 is 14.5 Å². The van der Waals surface area contributed by atoms with Crippen LogP contribution in [0, 0.1) is 0 Å². The average Bonchev–Trinajstić information content (AvgIpc) is 3.10. The van der Waals surface area contributed by atoms with E-state index >= 15 is 0 Å². The van der Waals surface area contributed by atoms with E-state index in [0.29, 0.717) is 37.5 Å². The standard InChI is InChI=1S/C26H26N2O3/c29-25(20-31-24-10-5-2-6-11-24)27-16-7-17-28(19-18-27)26(30)23-14-12-22(13-15-23)21-8-3-1-4-9-21/h1-6,8-15H,7,16-20H2. The molecule has 0 radical (unpaired) electrons. The minimum absolute atomic E-state index is 0.00875. The molecule has 3 aromatic carbocycles. The molecule has 0 bridgehead atoms. The van der Waals surface area contributed by atoms with E-state index in [1.165, 1.54) is 0 Å². The minimum Gasteiger partial charge on any atom is -0.484 e. The van der Waals surface area contributed by atoms with Gasteiger partial charge in [0, 0.05) is 31.7 Å². The van der Waals surface area contributed by atoms with Gasteiger partial charge in [-0.05, 0) is 41.8 Å². The number of ether oxygens (including phenoxy) is 1. The fraction of sp³-hybridized carbons (Fsp3) is 0.231. The Morgan fingerprint density at radius 3 is 1.97 bits per heavy atom. The molecule has 1 fully saturated rings. The normalized spacial score (nSPS) is 14.1. The molecule has 4 rings (SSSR count). The predicted molar refractivity (Wildman–Crippen MR) is 121 cm³/mol. The van der Waals surface area contributed by atoms with Gasteiger partial charge in [-0.2, -0.15) is 0 Å². The summed E-state index contributed by atoms with van der Waals surface area (Å²) in [6, 6.07) is 27.2. The van der Waals surface area contributed by atoms with Gasteiger partial charge in [0.2, 0.25) is 0 Å². The average molecular weight is 415 g/mol. The molecule has 2 amide bonds. The van der Waals surface area contributed by atoms with Crippen LogP contribution in [0.15, 0.2) is 84.9 Å². The molecule has 31 heavy (non-hydrogen) atoms. The Balaban J connectivity index is 1.32. The van der Waals surface area contributed by atoms with Crippen LogP contribution in [-0.4, -0.2) is 54.4 Å². The van der Waals surface area contributed by atoms with Crippen LogP contribution >= 0.6 is 0 Å². The highest BCUT2D eigenvalue weighted by molar-refractivity contribution is 5.94. The van der Waals surface area contributed by atoms with Crippen molar-refractivity contribution in [2.24, 2.45) is 0 Å². The zero-order valence-corrected chi connectivity index (χ0v) is 17.4. The zero-order chi connectivity index (χ0) is 21.5. The highest BCUT2D eigenvalue weighted by atomic mass is 16.5. The summed E-state index contributed by atoms with van der Waals surface area (Å²) in [6.07, 6.45) is 0.755. The number of hydrogen-bond acceptors (Lipinski definition) is 3. The molecule has 0 N–H and O–H groups in total. The van der Waals surface area contributed by atoms with Gasteiger partial charge in [0.1, 0.15) is 5.75 Å². The van der Waals surface area contributed by atoms with Gasteiger partial charge in [-0.15, -0.1) is 0 Å². The molecule has 1 heterocycles. The SMILES string of the molecule is O=C(COc1ccccc1)N1CCCN(C(=O)c2ccc(-c3ccccc3)cc2)CC1. The number of nitrogens with zero attached hydrogens (tertiary/aromatic N) is 2. The lowest BCUT2D eigenvalue weighted by Gasteiger charge is -2.22. The second-order valence-electron chi connectivity index (χ2n) is 7.57. The van der Waals surface area contributed by atoms with Gasteiger partial charge in [-0.1, -0.05) is 60.7 Å². The van der Waals surface area contributed by atoms with E-state index < -0.39 is 0 Å². The van der Waals surface area contributed by atoms with Crippen LogP contribution < -0.4 is 4.74 Å². The van der Waals surface area contributed by atoms with Crippen molar-refractivity contribution in [1.82, 2.24) is 9.80 Å². The molecule has 0 aliphatic carbocycles. The zero-order valence-electron chi connectivity index (χ0n) is 17.4. The molecular formula is C26H26N2O3. The van der Waals surface area contributed by atoms with Crippen molar-refractivity contribution in [1.29, 1.82) is 0 Å². The topological polar surface area (TPSA) is 49.9 Å². The first-order chi connectivity index (χ1) is 15.2. The maximum Gasteiger partial charge on any atom is 0.260 e. The largest absolute Gasteiger partial charge is 0.484 e. The Morgan fingerprint density at radius 2 is 1.26 bits per heavy atom. The summed E-state index contributed by atoms with van der Waals surface area (Å²) in [7, 11) is 0. The molecule has 0 unspecified atom stereocenters. The number of carbonyl (C=O) groups is 2. The second kappa shape index (κ2) is 9.94. The first-order valence-corrected chi connectivity index (χ1v) is 10.6. The lowest BCUT2D eigenvalue weighted by molar-refractivity contribution is -0.133. The molecule has 158 valence electrons. The summed E-state index contributed by atoms with van der Waals surface area (Å²) >= 11 is 0. The lowest BCUT2D eigenvalue weighted by atomic mass is 10.0. The summed E-state index contributed by atoms with van der Waals surface area (Å²) in [4.78, 5) is 29.1. The number of amides is 2. The summed E-state index contributed by atoms with van der Waals surface area (Å²) in [5.74, 6) is 0.640. The van der Waals surface area contributed by atoms with Crippen molar-refractivity contribution >= 4 is 11.8 Å². The van der Waals surface area contributed by atoms with Crippen molar-refractivity contribution < 1.29 is 14.3 Å². The second-order valence-corrected chi connectivity index (χ2v) is 7.57. The molecule has 1 saturated heterocycles. The van der Waals surface area contributed by atoms with Crippen LogP contribution in [0.3, 0.4) is 0 Å². The molecule has 1 aliphatic heterocycles. The van der Waals surface area contributed by atoms with E-state index in [-0.39, 0.29) is 18.4 Å². The van der Waals surface area contributed by atoms with Gasteiger partial charge in [-0.3, -0.25) is 9.59 Å². The molecular weight excluding hydrogens is 388 g/mol. The Morgan fingerprint density at radius 1 is 0.677 bits per heavy atom. The van der Waals surface area contributed by atoms with Gasteiger partial charge in [0.15, 0.2) is 6.61 Å². The van der Waals surface area contributed by atoms with Gasteiger partial charge in [0.05, 0.1) is 0 Å². The van der Waals surface area contributed by atoms with Crippen LogP contribution in [0.25, 0.3) is 11.1 Å². The summed E-state index contributed by atoms with van der Waals surface area (Å²) < 4.78 is 5.58. The number of para-hydroxylation sites is 1. The van der Waals surface area contributed by atoms with Gasteiger partial charge in [0.25, 0.3) is 11.8 Å². The summed E-state index contributed by atoms with van der Waals surface area (Å²) in [5, 5.41) is 0. The monoisotopic (exact) mass is 414 g/mol. The van der Waals surface area contributed by atoms with Crippen LogP contribution in [0.1, 0.15) is 16.8 Å². The first kappa shape index (κ1) is 20.7. The van der Waals surface area contributed by atoms with Crippen molar-refractivity contribution in [3.05, 3.63) is 90.5 Å². The van der Waals surface area contributed by atoms with E-state index in [1.807, 2.05) is 77.7 Å². The summed E-state index contributed by atoms with van der Waals surface area (Å²) in [6.45, 7) is 2.33. The van der Waals surface area contributed by atoms with Gasteiger partial charge >= 0.3 is 0 Å². The third-order valence-corrected chi connectivity index (χ3v) is 5.48. The Hall–Kier alpha value is -3.60. The quantitative estimate of drug-likeness (QED) is 0.631. The van der Waals surface area contributed by atoms with E-state index in [2.05, 4.69) is 12.1 Å². The van der Waals surface area contributed by atoms with Crippen LogP contribution in [-0.2, 0) is 4.79 Å². The Labute approximate surface area is 182 Å². The van der Waals surface area contributed by atoms with Crippen molar-refractivity contribution in [3.63, 3.8) is 0 Å². The lowest BCUT2D eigenvalue weighted by Crippen LogP contribution is -2.39. The smallest absolute Gasteiger partial charge is 0.260 e. The number of rotatable bonds is 5. The van der Waals surface area contributed by atoms with Crippen LogP contribution in [0.5, 0.6) is 5.75 Å². The number of benzene rings is 3. The summed E-state index contributed by atoms with van der Waals surface area (Å²) in [5.41, 5.74) is 2.89. The van der Waals surface area contributed by atoms with E-state index in [0.717, 1.165) is 17.5 Å². The van der Waals surface area contributed by atoms with Crippen LogP contribution in [0.4, 0.5) is 0 Å². The highest BCUT2D eigenvalue weighted by Gasteiger charge is 2.23. The highest BCUT2D eigenvalue weighted by Crippen LogP contribution is 2.20. The van der Waals surface area contributed by atoms with Crippen LogP contribution in [0.2, 0.25) is 0 Å². The molecule has 0 saturated carbocycles. The first-order valence-electron chi connectivity index (χ1n) is 10.6. The molecule has 3 aromatic rings. The maximum absolute atomic E-state index is 13.0. The number of hydrogen-bond donors (Lipinski definition) is 0. The van der Waals surface area contributed by atoms with E-state index in [9.17, 15) is 9.59 Å². The third kappa shape index (κ3) is 5.31. The van der Waals surface area contributed by atoms with E-state index in [4.69, 9.17) is 4.74 Å². The molecule has 0 aromatic heterocycles. The van der Waals surface area contributed by atoms with Crippen molar-refractivity contribution in [3.8, 4) is 16.9 Å². The molecule has 5 nitrogen and oxygen atoms in total. The number of carbonyl (C=O) groups excluding carboxylic acids is 2. The van der Waals surface area contributed by atoms with Crippen molar-refractivity contribution in [2.75, 3.05) is 32.8 Å².